The van der Waals surface area contributed by atoms with Crippen LogP contribution in [0.1, 0.15) is 32.3 Å². The van der Waals surface area contributed by atoms with Crippen LogP contribution in [0.4, 0.5) is 5.13 Å². The molecule has 152 valence electrons. The van der Waals surface area contributed by atoms with E-state index >= 15 is 0 Å². The van der Waals surface area contributed by atoms with Crippen molar-refractivity contribution >= 4 is 22.4 Å². The van der Waals surface area contributed by atoms with E-state index in [1.165, 1.54) is 11.5 Å². The van der Waals surface area contributed by atoms with E-state index in [1.54, 1.807) is 23.3 Å². The number of ketones is 1. The third-order valence-corrected chi connectivity index (χ3v) is 5.41. The number of benzene rings is 1. The Kier molecular flexibility index (Phi) is 5.75. The number of aryl methyl sites for hydroxylation is 1. The maximum Gasteiger partial charge on any atom is 0.248 e. The minimum absolute atomic E-state index is 0.147. The molecule has 4 rings (SSSR count). The second-order valence-electron chi connectivity index (χ2n) is 7.24. The number of imidazole rings is 1. The van der Waals surface area contributed by atoms with Crippen LogP contribution in [0.5, 0.6) is 11.5 Å². The molecule has 0 amide bonds. The number of fused-ring (bicyclic) bond motifs is 1. The Bertz CT molecular complexity index is 970. The number of nitrogens with zero attached hydrogens (tertiary/aromatic N) is 4. The van der Waals surface area contributed by atoms with E-state index in [2.05, 4.69) is 19.7 Å². The standard InChI is InChI=1S/C20H23N5O3S/c1-13(2)18(22-20-23-19(24-29-20)25-9-8-21-11-25)15(26)5-3-4-14-6-7-16-17(10-14)28-12-27-16/h6-11,13,18H,3-5,12H2,1-2H3,(H,22,23,24)/t18-/m1/s1. The molecule has 2 aromatic heterocycles. The fourth-order valence-corrected chi connectivity index (χ4v) is 3.83. The van der Waals surface area contributed by atoms with Crippen molar-refractivity contribution in [3.63, 3.8) is 0 Å². The first kappa shape index (κ1) is 19.4. The van der Waals surface area contributed by atoms with Gasteiger partial charge >= 0.3 is 0 Å². The van der Waals surface area contributed by atoms with Gasteiger partial charge in [0.1, 0.15) is 6.33 Å². The molecular weight excluding hydrogens is 390 g/mol. The van der Waals surface area contributed by atoms with Crippen LogP contribution in [-0.2, 0) is 11.2 Å². The number of carbonyl (C=O) groups excluding carboxylic acids is 1. The zero-order chi connectivity index (χ0) is 20.2. The van der Waals surface area contributed by atoms with Crippen molar-refractivity contribution in [3.05, 3.63) is 42.5 Å². The maximum absolute atomic E-state index is 12.8. The molecule has 0 bridgehead atoms. The predicted molar refractivity (Wildman–Crippen MR) is 110 cm³/mol. The van der Waals surface area contributed by atoms with E-state index in [0.29, 0.717) is 17.5 Å². The Labute approximate surface area is 173 Å². The highest BCUT2D eigenvalue weighted by atomic mass is 32.1. The maximum atomic E-state index is 12.8. The minimum atomic E-state index is -0.296. The van der Waals surface area contributed by atoms with Gasteiger partial charge in [0.15, 0.2) is 17.3 Å². The van der Waals surface area contributed by atoms with Gasteiger partial charge in [-0.3, -0.25) is 9.36 Å². The number of hydrogen-bond acceptors (Lipinski definition) is 8. The van der Waals surface area contributed by atoms with Gasteiger partial charge in [0, 0.05) is 30.3 Å². The molecule has 1 aliphatic heterocycles. The first-order valence-corrected chi connectivity index (χ1v) is 10.4. The van der Waals surface area contributed by atoms with Gasteiger partial charge in [-0.15, -0.1) is 0 Å². The number of carbonyl (C=O) groups is 1. The number of Topliss-reactive ketones (excluding diaryl/α,β-unsaturated/α-hetero) is 1. The van der Waals surface area contributed by atoms with Crippen LogP contribution >= 0.6 is 11.5 Å². The Hall–Kier alpha value is -2.94. The number of rotatable bonds is 9. The molecule has 0 fully saturated rings. The Morgan fingerprint density at radius 2 is 2.17 bits per heavy atom. The van der Waals surface area contributed by atoms with E-state index in [9.17, 15) is 4.79 Å². The van der Waals surface area contributed by atoms with Gasteiger partial charge in [0.25, 0.3) is 0 Å². The Balaban J connectivity index is 1.33. The lowest BCUT2D eigenvalue weighted by Crippen LogP contribution is -2.34. The number of hydrogen-bond donors (Lipinski definition) is 1. The molecule has 29 heavy (non-hydrogen) atoms. The number of ether oxygens (including phenoxy) is 2. The van der Waals surface area contributed by atoms with Crippen molar-refractivity contribution in [1.29, 1.82) is 0 Å². The Morgan fingerprint density at radius 3 is 2.97 bits per heavy atom. The molecule has 1 aromatic carbocycles. The van der Waals surface area contributed by atoms with E-state index in [-0.39, 0.29) is 24.5 Å². The normalized spacial score (nSPS) is 13.6. The SMILES string of the molecule is CC(C)[C@@H](Nc1nc(-n2ccnc2)ns1)C(=O)CCCc1ccc2c(c1)OCO2. The van der Waals surface area contributed by atoms with E-state index in [4.69, 9.17) is 9.47 Å². The van der Waals surface area contributed by atoms with Crippen LogP contribution in [0.25, 0.3) is 5.95 Å². The van der Waals surface area contributed by atoms with Crippen molar-refractivity contribution in [1.82, 2.24) is 18.9 Å². The number of nitrogens with one attached hydrogen (secondary N) is 1. The zero-order valence-electron chi connectivity index (χ0n) is 16.4. The molecule has 0 saturated heterocycles. The fourth-order valence-electron chi connectivity index (χ4n) is 3.23. The van der Waals surface area contributed by atoms with Crippen molar-refractivity contribution in [3.8, 4) is 17.4 Å². The molecule has 0 unspecified atom stereocenters. The molecule has 1 N–H and O–H groups in total. The highest BCUT2D eigenvalue weighted by Crippen LogP contribution is 2.32. The molecule has 0 saturated carbocycles. The fraction of sp³-hybridized carbons (Fsp3) is 0.400. The minimum Gasteiger partial charge on any atom is -0.454 e. The second kappa shape index (κ2) is 8.60. The van der Waals surface area contributed by atoms with Crippen LogP contribution in [0.3, 0.4) is 0 Å². The molecule has 8 nitrogen and oxygen atoms in total. The zero-order valence-corrected chi connectivity index (χ0v) is 17.2. The third kappa shape index (κ3) is 4.56. The van der Waals surface area contributed by atoms with Crippen molar-refractivity contribution in [2.45, 2.75) is 39.2 Å². The summed E-state index contributed by atoms with van der Waals surface area (Å²) in [6.07, 6.45) is 7.20. The Morgan fingerprint density at radius 1 is 1.31 bits per heavy atom. The van der Waals surface area contributed by atoms with Gasteiger partial charge in [-0.1, -0.05) is 19.9 Å². The first-order valence-electron chi connectivity index (χ1n) is 9.60. The summed E-state index contributed by atoms with van der Waals surface area (Å²) >= 11 is 1.24. The highest BCUT2D eigenvalue weighted by Gasteiger charge is 2.23. The van der Waals surface area contributed by atoms with Crippen LogP contribution in [-0.4, -0.2) is 37.5 Å². The summed E-state index contributed by atoms with van der Waals surface area (Å²) in [4.78, 5) is 21.3. The third-order valence-electron chi connectivity index (χ3n) is 4.77. The van der Waals surface area contributed by atoms with E-state index in [1.807, 2.05) is 32.0 Å². The lowest BCUT2D eigenvalue weighted by Gasteiger charge is -2.20. The molecule has 0 spiro atoms. The predicted octanol–water partition coefficient (Wildman–Crippen LogP) is 3.48. The molecular formula is C20H23N5O3S. The van der Waals surface area contributed by atoms with Crippen molar-refractivity contribution in [2.24, 2.45) is 5.92 Å². The molecule has 0 aliphatic carbocycles. The average Bonchev–Trinajstić information content (AvgIpc) is 3.46. The van der Waals surface area contributed by atoms with Crippen LogP contribution in [0, 0.1) is 5.92 Å². The summed E-state index contributed by atoms with van der Waals surface area (Å²) < 4.78 is 16.8. The van der Waals surface area contributed by atoms with Gasteiger partial charge in [-0.25, -0.2) is 4.98 Å². The lowest BCUT2D eigenvalue weighted by molar-refractivity contribution is -0.120. The molecule has 1 atom stereocenters. The van der Waals surface area contributed by atoms with Crippen molar-refractivity contribution < 1.29 is 14.3 Å². The molecule has 3 heterocycles. The monoisotopic (exact) mass is 413 g/mol. The molecule has 3 aromatic rings. The van der Waals surface area contributed by atoms with Gasteiger partial charge in [-0.2, -0.15) is 9.36 Å². The molecule has 1 aliphatic rings. The average molecular weight is 414 g/mol. The largest absolute Gasteiger partial charge is 0.454 e. The summed E-state index contributed by atoms with van der Waals surface area (Å²) in [5, 5.41) is 3.90. The summed E-state index contributed by atoms with van der Waals surface area (Å²) in [5.74, 6) is 2.43. The van der Waals surface area contributed by atoms with Crippen molar-refractivity contribution in [2.75, 3.05) is 12.1 Å². The van der Waals surface area contributed by atoms with Gasteiger partial charge in [0.05, 0.1) is 6.04 Å². The van der Waals surface area contributed by atoms with Gasteiger partial charge in [0.2, 0.25) is 17.9 Å². The highest BCUT2D eigenvalue weighted by molar-refractivity contribution is 7.09. The van der Waals surface area contributed by atoms with Crippen LogP contribution in [0.15, 0.2) is 36.9 Å². The quantitative estimate of drug-likeness (QED) is 0.574. The van der Waals surface area contributed by atoms with Crippen LogP contribution < -0.4 is 14.8 Å². The van der Waals surface area contributed by atoms with E-state index in [0.717, 1.165) is 29.9 Å². The summed E-state index contributed by atoms with van der Waals surface area (Å²) in [7, 11) is 0. The topological polar surface area (TPSA) is 91.2 Å². The van der Waals surface area contributed by atoms with Crippen LogP contribution in [0.2, 0.25) is 0 Å². The summed E-state index contributed by atoms with van der Waals surface area (Å²) in [6.45, 7) is 4.34. The lowest BCUT2D eigenvalue weighted by atomic mass is 9.95. The smallest absolute Gasteiger partial charge is 0.248 e. The summed E-state index contributed by atoms with van der Waals surface area (Å²) in [5.41, 5.74) is 1.14. The first-order chi connectivity index (χ1) is 14.1. The second-order valence-corrected chi connectivity index (χ2v) is 7.99. The number of anilines is 1. The molecule has 0 radical (unpaired) electrons. The summed E-state index contributed by atoms with van der Waals surface area (Å²) in [6, 6.07) is 5.64. The van der Waals surface area contributed by atoms with E-state index < -0.39 is 0 Å². The van der Waals surface area contributed by atoms with Gasteiger partial charge in [-0.05, 0) is 36.5 Å². The van der Waals surface area contributed by atoms with Gasteiger partial charge < -0.3 is 14.8 Å². The number of aromatic nitrogens is 4. The molecule has 9 heteroatoms.